The van der Waals surface area contributed by atoms with Gasteiger partial charge in [0.15, 0.2) is 0 Å². The highest BCUT2D eigenvalue weighted by atomic mass is 32.2. The largest absolute Gasteiger partial charge is 0.497 e. The number of methoxy groups -OCH3 is 2. The van der Waals surface area contributed by atoms with Crippen LogP contribution in [0.5, 0.6) is 11.5 Å². The summed E-state index contributed by atoms with van der Waals surface area (Å²) in [6, 6.07) is 4.36. The Morgan fingerprint density at radius 1 is 1.18 bits per heavy atom. The molecule has 1 unspecified atom stereocenters. The molecule has 0 spiro atoms. The second kappa shape index (κ2) is 7.30. The van der Waals surface area contributed by atoms with Crippen LogP contribution >= 0.6 is 0 Å². The Bertz CT molecular complexity index is 575. The highest BCUT2D eigenvalue weighted by Gasteiger charge is 2.28. The zero-order chi connectivity index (χ0) is 16.2. The first kappa shape index (κ1) is 17.1. The van der Waals surface area contributed by atoms with Gasteiger partial charge in [-0.1, -0.05) is 12.8 Å². The number of rotatable bonds is 7. The Kier molecular flexibility index (Phi) is 5.66. The van der Waals surface area contributed by atoms with Crippen molar-refractivity contribution in [1.82, 2.24) is 4.72 Å². The van der Waals surface area contributed by atoms with Gasteiger partial charge in [0.25, 0.3) is 0 Å². The summed E-state index contributed by atoms with van der Waals surface area (Å²) in [6.45, 7) is 0.297. The summed E-state index contributed by atoms with van der Waals surface area (Å²) in [7, 11) is -0.692. The fourth-order valence-corrected chi connectivity index (χ4v) is 4.27. The maximum absolute atomic E-state index is 12.6. The van der Waals surface area contributed by atoms with Gasteiger partial charge in [-0.3, -0.25) is 0 Å². The maximum Gasteiger partial charge on any atom is 0.241 e. The van der Waals surface area contributed by atoms with E-state index in [9.17, 15) is 8.42 Å². The Balaban J connectivity index is 2.25. The minimum atomic E-state index is -3.66. The lowest BCUT2D eigenvalue weighted by atomic mass is 9.99. The van der Waals surface area contributed by atoms with Crippen LogP contribution in [0, 0.1) is 5.92 Å². The molecule has 1 saturated carbocycles. The topological polar surface area (TPSA) is 90.6 Å². The maximum atomic E-state index is 12.6. The van der Waals surface area contributed by atoms with Crippen LogP contribution in [0.1, 0.15) is 25.7 Å². The summed E-state index contributed by atoms with van der Waals surface area (Å²) >= 11 is 0. The van der Waals surface area contributed by atoms with Gasteiger partial charge in [-0.05, 0) is 18.8 Å². The molecule has 7 heteroatoms. The molecule has 1 aliphatic rings. The molecule has 0 heterocycles. The summed E-state index contributed by atoms with van der Waals surface area (Å²) in [5.74, 6) is 1.18. The number of hydrogen-bond donors (Lipinski definition) is 2. The van der Waals surface area contributed by atoms with E-state index in [1.165, 1.54) is 26.4 Å². The van der Waals surface area contributed by atoms with Crippen LogP contribution in [0.2, 0.25) is 0 Å². The number of sulfonamides is 1. The molecule has 124 valence electrons. The first-order valence-corrected chi connectivity index (χ1v) is 8.94. The minimum absolute atomic E-state index is 0.125. The fraction of sp³-hybridized carbons (Fsp3) is 0.600. The molecule has 3 N–H and O–H groups in total. The van der Waals surface area contributed by atoms with Gasteiger partial charge in [-0.2, -0.15) is 0 Å². The van der Waals surface area contributed by atoms with Crippen molar-refractivity contribution in [3.8, 4) is 11.5 Å². The molecule has 1 atom stereocenters. The van der Waals surface area contributed by atoms with E-state index in [4.69, 9.17) is 15.2 Å². The molecule has 1 aromatic carbocycles. The van der Waals surface area contributed by atoms with Crippen LogP contribution < -0.4 is 19.9 Å². The van der Waals surface area contributed by atoms with Crippen molar-refractivity contribution in [3.63, 3.8) is 0 Å². The zero-order valence-corrected chi connectivity index (χ0v) is 13.9. The van der Waals surface area contributed by atoms with Gasteiger partial charge in [0.1, 0.15) is 11.5 Å². The van der Waals surface area contributed by atoms with E-state index in [2.05, 4.69) is 4.72 Å². The summed E-state index contributed by atoms with van der Waals surface area (Å²) in [5.41, 5.74) is 5.77. The minimum Gasteiger partial charge on any atom is -0.497 e. The molecule has 1 aliphatic carbocycles. The van der Waals surface area contributed by atoms with E-state index in [-0.39, 0.29) is 10.9 Å². The second-order valence-corrected chi connectivity index (χ2v) is 7.27. The Labute approximate surface area is 132 Å². The van der Waals surface area contributed by atoms with Gasteiger partial charge in [0.2, 0.25) is 10.0 Å². The van der Waals surface area contributed by atoms with Crippen LogP contribution in [-0.2, 0) is 10.0 Å². The van der Waals surface area contributed by atoms with Gasteiger partial charge < -0.3 is 15.2 Å². The van der Waals surface area contributed by atoms with Crippen molar-refractivity contribution < 1.29 is 17.9 Å². The molecule has 22 heavy (non-hydrogen) atoms. The van der Waals surface area contributed by atoms with Crippen LogP contribution in [-0.4, -0.2) is 35.2 Å². The molecule has 0 bridgehead atoms. The average Bonchev–Trinajstić information content (AvgIpc) is 3.06. The second-order valence-electron chi connectivity index (χ2n) is 5.56. The first-order valence-electron chi connectivity index (χ1n) is 7.45. The van der Waals surface area contributed by atoms with Crippen LogP contribution in [0.4, 0.5) is 0 Å². The van der Waals surface area contributed by atoms with Crippen LogP contribution in [0.15, 0.2) is 23.1 Å². The molecule has 6 nitrogen and oxygen atoms in total. The van der Waals surface area contributed by atoms with Crippen molar-refractivity contribution in [2.45, 2.75) is 36.6 Å². The zero-order valence-electron chi connectivity index (χ0n) is 13.0. The number of hydrogen-bond acceptors (Lipinski definition) is 5. The normalized spacial score (nSPS) is 17.4. The smallest absolute Gasteiger partial charge is 0.241 e. The molecular formula is C15H24N2O4S. The average molecular weight is 328 g/mol. The van der Waals surface area contributed by atoms with E-state index in [1.54, 1.807) is 6.07 Å². The molecule has 0 saturated heterocycles. The SMILES string of the molecule is COc1cc(OC)cc(S(=O)(=O)NC(CN)C2CCCC2)c1. The van der Waals surface area contributed by atoms with E-state index >= 15 is 0 Å². The third kappa shape index (κ3) is 3.91. The van der Waals surface area contributed by atoms with Crippen molar-refractivity contribution in [1.29, 1.82) is 0 Å². The molecule has 2 rings (SSSR count). The van der Waals surface area contributed by atoms with Crippen LogP contribution in [0.25, 0.3) is 0 Å². The lowest BCUT2D eigenvalue weighted by molar-refractivity contribution is 0.390. The van der Waals surface area contributed by atoms with E-state index in [1.807, 2.05) is 0 Å². The molecule has 0 aliphatic heterocycles. The number of nitrogens with one attached hydrogen (secondary N) is 1. The highest BCUT2D eigenvalue weighted by Crippen LogP contribution is 2.29. The summed E-state index contributed by atoms with van der Waals surface area (Å²) in [5, 5.41) is 0. The Morgan fingerprint density at radius 3 is 2.18 bits per heavy atom. The summed E-state index contributed by atoms with van der Waals surface area (Å²) in [4.78, 5) is 0.125. The van der Waals surface area contributed by atoms with E-state index in [0.29, 0.717) is 24.0 Å². The van der Waals surface area contributed by atoms with Gasteiger partial charge in [0.05, 0.1) is 19.1 Å². The third-order valence-corrected chi connectivity index (χ3v) is 5.63. The molecular weight excluding hydrogens is 304 g/mol. The van der Waals surface area contributed by atoms with Crippen molar-refractivity contribution >= 4 is 10.0 Å². The van der Waals surface area contributed by atoms with Crippen molar-refractivity contribution in [3.05, 3.63) is 18.2 Å². The summed E-state index contributed by atoms with van der Waals surface area (Å²) < 4.78 is 38.2. The number of benzene rings is 1. The van der Waals surface area contributed by atoms with E-state index in [0.717, 1.165) is 25.7 Å². The Morgan fingerprint density at radius 2 is 1.73 bits per heavy atom. The first-order chi connectivity index (χ1) is 10.5. The lowest BCUT2D eigenvalue weighted by Crippen LogP contribution is -2.44. The molecule has 1 aromatic rings. The standard InChI is InChI=1S/C15H24N2O4S/c1-20-12-7-13(21-2)9-14(8-12)22(18,19)17-15(10-16)11-5-3-4-6-11/h7-9,11,15,17H,3-6,10,16H2,1-2H3. The van der Waals surface area contributed by atoms with Gasteiger partial charge in [0, 0.05) is 30.8 Å². The quantitative estimate of drug-likeness (QED) is 0.791. The van der Waals surface area contributed by atoms with Gasteiger partial charge >= 0.3 is 0 Å². The lowest BCUT2D eigenvalue weighted by Gasteiger charge is -2.23. The molecule has 1 fully saturated rings. The predicted octanol–water partition coefficient (Wildman–Crippen LogP) is 1.50. The Hall–Kier alpha value is -1.31. The molecule has 0 radical (unpaired) electrons. The predicted molar refractivity (Wildman–Crippen MR) is 84.7 cm³/mol. The molecule has 0 amide bonds. The monoisotopic (exact) mass is 328 g/mol. The van der Waals surface area contributed by atoms with Gasteiger partial charge in [-0.25, -0.2) is 13.1 Å². The van der Waals surface area contributed by atoms with Crippen molar-refractivity contribution in [2.75, 3.05) is 20.8 Å². The third-order valence-electron chi connectivity index (χ3n) is 4.16. The number of ether oxygens (including phenoxy) is 2. The highest BCUT2D eigenvalue weighted by molar-refractivity contribution is 7.89. The fourth-order valence-electron chi connectivity index (χ4n) is 2.90. The van der Waals surface area contributed by atoms with E-state index < -0.39 is 10.0 Å². The van der Waals surface area contributed by atoms with Crippen molar-refractivity contribution in [2.24, 2.45) is 11.7 Å². The van der Waals surface area contributed by atoms with Crippen LogP contribution in [0.3, 0.4) is 0 Å². The summed E-state index contributed by atoms with van der Waals surface area (Å²) in [6.07, 6.45) is 4.31. The number of nitrogens with two attached hydrogens (primary N) is 1. The van der Waals surface area contributed by atoms with Gasteiger partial charge in [-0.15, -0.1) is 0 Å². The molecule has 0 aromatic heterocycles.